The molecule has 0 aromatic carbocycles. The maximum Gasteiger partial charge on any atom is 0.303 e. The lowest BCUT2D eigenvalue weighted by Crippen LogP contribution is -2.08. The van der Waals surface area contributed by atoms with Crippen LogP contribution in [0.4, 0.5) is 0 Å². The van der Waals surface area contributed by atoms with Crippen LogP contribution in [0.5, 0.6) is 0 Å². The van der Waals surface area contributed by atoms with E-state index in [0.717, 1.165) is 0 Å². The van der Waals surface area contributed by atoms with Gasteiger partial charge in [0, 0.05) is 6.92 Å². The van der Waals surface area contributed by atoms with Crippen molar-refractivity contribution in [2.24, 2.45) is 0 Å². The lowest BCUT2D eigenvalue weighted by atomic mass is 10.4. The highest BCUT2D eigenvalue weighted by atomic mass is 16.5. The molecule has 1 aliphatic rings. The van der Waals surface area contributed by atoms with Crippen LogP contribution in [0.15, 0.2) is 24.3 Å². The predicted octanol–water partition coefficient (Wildman–Crippen LogP) is 1.04. The Morgan fingerprint density at radius 2 is 2.00 bits per heavy atom. The molecule has 0 atom stereocenters. The molecule has 1 aliphatic carbocycles. The molecule has 0 aromatic rings. The molecule has 0 spiro atoms. The maximum atomic E-state index is 10.3. The zero-order chi connectivity index (χ0) is 6.69. The lowest BCUT2D eigenvalue weighted by molar-refractivity contribution is -0.142. The summed E-state index contributed by atoms with van der Waals surface area (Å²) in [4.78, 5) is 10.3. The third kappa shape index (κ3) is 1.72. The summed E-state index contributed by atoms with van der Waals surface area (Å²) in [5, 5.41) is 0. The van der Waals surface area contributed by atoms with Gasteiger partial charge < -0.3 is 4.74 Å². The van der Waals surface area contributed by atoms with Gasteiger partial charge >= 0.3 is 5.97 Å². The fourth-order valence-corrected chi connectivity index (χ4v) is 0.682. The van der Waals surface area contributed by atoms with Gasteiger partial charge in [-0.15, -0.1) is 0 Å². The molecule has 0 radical (unpaired) electrons. The molecule has 0 saturated carbocycles. The minimum absolute atomic E-state index is 0.123. The number of carbonyl (C=O) groups excluding carboxylic acids is 1. The molecule has 1 rings (SSSR count). The van der Waals surface area contributed by atoms with Crippen LogP contribution in [-0.4, -0.2) is 12.1 Å². The second kappa shape index (κ2) is 2.49. The van der Waals surface area contributed by atoms with Crippen LogP contribution in [0, 0.1) is 0 Å². The van der Waals surface area contributed by atoms with Gasteiger partial charge in [0.05, 0.1) is 0 Å². The molecule has 0 saturated heterocycles. The number of carbonyl (C=O) groups is 1. The summed E-state index contributed by atoms with van der Waals surface area (Å²) in [7, 11) is 0. The summed E-state index contributed by atoms with van der Waals surface area (Å²) in [5.41, 5.74) is 0. The Morgan fingerprint density at radius 1 is 1.44 bits per heavy atom. The van der Waals surface area contributed by atoms with Crippen molar-refractivity contribution in [1.82, 2.24) is 0 Å². The van der Waals surface area contributed by atoms with E-state index in [4.69, 9.17) is 4.74 Å². The van der Waals surface area contributed by atoms with E-state index in [9.17, 15) is 4.79 Å². The molecule has 48 valence electrons. The van der Waals surface area contributed by atoms with Crippen molar-refractivity contribution in [3.8, 4) is 0 Å². The molecule has 0 bridgehead atoms. The molecule has 2 nitrogen and oxygen atoms in total. The van der Waals surface area contributed by atoms with Gasteiger partial charge in [-0.1, -0.05) is 12.2 Å². The van der Waals surface area contributed by atoms with E-state index in [1.165, 1.54) is 6.92 Å². The van der Waals surface area contributed by atoms with Crippen molar-refractivity contribution in [2.45, 2.75) is 13.0 Å². The van der Waals surface area contributed by atoms with Crippen molar-refractivity contribution < 1.29 is 9.53 Å². The molecular weight excluding hydrogens is 116 g/mol. The first-order valence-corrected chi connectivity index (χ1v) is 2.81. The highest BCUT2D eigenvalue weighted by molar-refractivity contribution is 5.66. The Bertz CT molecular complexity index is 156. The molecule has 0 unspecified atom stereocenters. The minimum atomic E-state index is -0.240. The zero-order valence-corrected chi connectivity index (χ0v) is 5.20. The Labute approximate surface area is 53.8 Å². The largest absolute Gasteiger partial charge is 0.454 e. The van der Waals surface area contributed by atoms with E-state index in [1.54, 1.807) is 0 Å². The molecule has 0 heterocycles. The Kier molecular flexibility index (Phi) is 1.68. The first-order valence-electron chi connectivity index (χ1n) is 2.81. The quantitative estimate of drug-likeness (QED) is 0.488. The van der Waals surface area contributed by atoms with E-state index >= 15 is 0 Å². The summed E-state index contributed by atoms with van der Waals surface area (Å²) in [6.45, 7) is 1.40. The number of rotatable bonds is 1. The lowest BCUT2D eigenvalue weighted by Gasteiger charge is -2.03. The van der Waals surface area contributed by atoms with Gasteiger partial charge in [-0.05, 0) is 12.2 Å². The van der Waals surface area contributed by atoms with Crippen molar-refractivity contribution in [3.05, 3.63) is 24.3 Å². The van der Waals surface area contributed by atoms with Crippen LogP contribution in [-0.2, 0) is 9.53 Å². The first kappa shape index (κ1) is 6.08. The number of allylic oxidation sites excluding steroid dienone is 2. The molecule has 0 aliphatic heterocycles. The zero-order valence-electron chi connectivity index (χ0n) is 5.20. The molecule has 9 heavy (non-hydrogen) atoms. The third-order valence-corrected chi connectivity index (χ3v) is 1.01. The highest BCUT2D eigenvalue weighted by Crippen LogP contribution is 2.03. The van der Waals surface area contributed by atoms with Crippen LogP contribution in [0.2, 0.25) is 0 Å². The summed E-state index contributed by atoms with van der Waals surface area (Å²) in [5.74, 6) is -0.240. The molecular formula is C7H8O2. The van der Waals surface area contributed by atoms with E-state index in [-0.39, 0.29) is 12.1 Å². The normalized spacial score (nSPS) is 16.6. The van der Waals surface area contributed by atoms with E-state index in [1.807, 2.05) is 24.3 Å². The Hall–Kier alpha value is -1.05. The predicted molar refractivity (Wildman–Crippen MR) is 33.8 cm³/mol. The first-order chi connectivity index (χ1) is 4.29. The van der Waals surface area contributed by atoms with Crippen molar-refractivity contribution in [1.29, 1.82) is 0 Å². The smallest absolute Gasteiger partial charge is 0.303 e. The fourth-order valence-electron chi connectivity index (χ4n) is 0.682. The molecule has 2 heteroatoms. The monoisotopic (exact) mass is 124 g/mol. The van der Waals surface area contributed by atoms with Gasteiger partial charge in [-0.25, -0.2) is 0 Å². The highest BCUT2D eigenvalue weighted by Gasteiger charge is 2.04. The van der Waals surface area contributed by atoms with Crippen LogP contribution in [0.25, 0.3) is 0 Å². The van der Waals surface area contributed by atoms with Crippen molar-refractivity contribution >= 4 is 5.97 Å². The molecule has 0 amide bonds. The third-order valence-electron chi connectivity index (χ3n) is 1.01. The fraction of sp³-hybridized carbons (Fsp3) is 0.286. The molecule has 0 fully saturated rings. The van der Waals surface area contributed by atoms with E-state index in [2.05, 4.69) is 0 Å². The van der Waals surface area contributed by atoms with Crippen LogP contribution < -0.4 is 0 Å². The minimum Gasteiger partial charge on any atom is -0.454 e. The second-order valence-electron chi connectivity index (χ2n) is 1.84. The van der Waals surface area contributed by atoms with Crippen molar-refractivity contribution in [2.75, 3.05) is 0 Å². The number of esters is 1. The summed E-state index contributed by atoms with van der Waals surface area (Å²) in [6.07, 6.45) is 7.23. The van der Waals surface area contributed by atoms with Gasteiger partial charge in [-0.2, -0.15) is 0 Å². The molecule has 0 aromatic heterocycles. The van der Waals surface area contributed by atoms with Gasteiger partial charge in [0.2, 0.25) is 0 Å². The van der Waals surface area contributed by atoms with Gasteiger partial charge in [0.1, 0.15) is 6.10 Å². The summed E-state index contributed by atoms with van der Waals surface area (Å²) in [6, 6.07) is 0. The Balaban J connectivity index is 2.37. The molecule has 0 N–H and O–H groups in total. The summed E-state index contributed by atoms with van der Waals surface area (Å²) < 4.78 is 4.80. The van der Waals surface area contributed by atoms with E-state index in [0.29, 0.717) is 0 Å². The SMILES string of the molecule is CC(=O)OC1C=CC=C1. The average Bonchev–Trinajstić information content (AvgIpc) is 2.15. The van der Waals surface area contributed by atoms with Gasteiger partial charge in [0.15, 0.2) is 0 Å². The topological polar surface area (TPSA) is 26.3 Å². The van der Waals surface area contributed by atoms with Gasteiger partial charge in [-0.3, -0.25) is 4.79 Å². The van der Waals surface area contributed by atoms with Crippen molar-refractivity contribution in [3.63, 3.8) is 0 Å². The number of hydrogen-bond donors (Lipinski definition) is 0. The van der Waals surface area contributed by atoms with Crippen LogP contribution >= 0.6 is 0 Å². The van der Waals surface area contributed by atoms with E-state index < -0.39 is 0 Å². The average molecular weight is 124 g/mol. The summed E-state index contributed by atoms with van der Waals surface area (Å²) >= 11 is 0. The standard InChI is InChI=1S/C7H8O2/c1-6(8)9-7-4-2-3-5-7/h2-5,7H,1H3. The van der Waals surface area contributed by atoms with Crippen LogP contribution in [0.3, 0.4) is 0 Å². The number of ether oxygens (including phenoxy) is 1. The van der Waals surface area contributed by atoms with Crippen LogP contribution in [0.1, 0.15) is 6.92 Å². The van der Waals surface area contributed by atoms with Gasteiger partial charge in [0.25, 0.3) is 0 Å². The number of hydrogen-bond acceptors (Lipinski definition) is 2. The Morgan fingerprint density at radius 3 is 2.44 bits per heavy atom. The maximum absolute atomic E-state index is 10.3. The second-order valence-corrected chi connectivity index (χ2v) is 1.84.